The molecule has 2 aromatic rings. The highest BCUT2D eigenvalue weighted by Gasteiger charge is 2.16. The third kappa shape index (κ3) is 3.34. The molecule has 2 rings (SSSR count). The number of ether oxygens (including phenoxy) is 2. The maximum absolute atomic E-state index is 6.07. The van der Waals surface area contributed by atoms with Crippen molar-refractivity contribution in [2.45, 2.75) is 33.2 Å². The molecule has 0 radical (unpaired) electrons. The minimum absolute atomic E-state index is 0.181. The van der Waals surface area contributed by atoms with E-state index >= 15 is 0 Å². The van der Waals surface area contributed by atoms with Crippen LogP contribution in [-0.4, -0.2) is 12.1 Å². The Morgan fingerprint density at radius 3 is 2.48 bits per heavy atom. The summed E-state index contributed by atoms with van der Waals surface area (Å²) in [6.45, 7) is 5.95. The van der Waals surface area contributed by atoms with Crippen LogP contribution >= 0.6 is 0 Å². The Bertz CT molecular complexity index is 624. The van der Waals surface area contributed by atoms with Crippen LogP contribution in [0.2, 0.25) is 0 Å². The van der Waals surface area contributed by atoms with Gasteiger partial charge in [-0.1, -0.05) is 13.0 Å². The van der Waals surface area contributed by atoms with E-state index in [4.69, 9.17) is 15.2 Å². The van der Waals surface area contributed by atoms with Crippen molar-refractivity contribution < 1.29 is 9.47 Å². The number of pyridine rings is 1. The van der Waals surface area contributed by atoms with Crippen molar-refractivity contribution in [2.75, 3.05) is 7.11 Å². The quantitative estimate of drug-likeness (QED) is 0.909. The van der Waals surface area contributed by atoms with Gasteiger partial charge in [-0.15, -0.1) is 0 Å². The van der Waals surface area contributed by atoms with E-state index in [0.29, 0.717) is 5.75 Å². The van der Waals surface area contributed by atoms with Gasteiger partial charge in [0.1, 0.15) is 17.2 Å². The molecule has 0 unspecified atom stereocenters. The predicted octanol–water partition coefficient (Wildman–Crippen LogP) is 3.77. The third-order valence-electron chi connectivity index (χ3n) is 3.33. The van der Waals surface area contributed by atoms with E-state index in [-0.39, 0.29) is 6.04 Å². The van der Waals surface area contributed by atoms with Crippen molar-refractivity contribution in [1.29, 1.82) is 0 Å². The molecule has 0 aliphatic rings. The Hall–Kier alpha value is -2.07. The zero-order valence-corrected chi connectivity index (χ0v) is 13.0. The number of hydrogen-bond acceptors (Lipinski definition) is 4. The first-order chi connectivity index (χ1) is 10.1. The van der Waals surface area contributed by atoms with Gasteiger partial charge in [0.05, 0.1) is 18.4 Å². The van der Waals surface area contributed by atoms with Crippen molar-refractivity contribution in [3.05, 3.63) is 47.3 Å². The molecule has 0 saturated carbocycles. The van der Waals surface area contributed by atoms with E-state index in [1.54, 1.807) is 7.11 Å². The van der Waals surface area contributed by atoms with Gasteiger partial charge in [-0.2, -0.15) is 0 Å². The number of rotatable bonds is 5. The summed E-state index contributed by atoms with van der Waals surface area (Å²) >= 11 is 0. The molecule has 0 amide bonds. The Kier molecular flexibility index (Phi) is 4.81. The van der Waals surface area contributed by atoms with Crippen molar-refractivity contribution in [1.82, 2.24) is 4.98 Å². The van der Waals surface area contributed by atoms with Crippen LogP contribution in [0.3, 0.4) is 0 Å². The summed E-state index contributed by atoms with van der Waals surface area (Å²) in [7, 11) is 1.63. The number of nitrogens with zero attached hydrogens (tertiary/aromatic N) is 1. The lowest BCUT2D eigenvalue weighted by atomic mass is 10.1. The standard InChI is InChI=1S/C17H22N2O2/c1-5-13-14(10-9-11(2)19-13)21-16-8-6-7-15(20-4)17(16)12(3)18/h6-10,12H,5,18H2,1-4H3/t12-/m1/s1. The molecule has 0 fully saturated rings. The molecule has 1 aromatic carbocycles. The molecule has 0 spiro atoms. The molecule has 1 heterocycles. The van der Waals surface area contributed by atoms with Gasteiger partial charge in [-0.05, 0) is 44.5 Å². The molecule has 0 aliphatic heterocycles. The van der Waals surface area contributed by atoms with E-state index in [1.165, 1.54) is 0 Å². The van der Waals surface area contributed by atoms with Crippen LogP contribution in [0.4, 0.5) is 0 Å². The maximum Gasteiger partial charge on any atom is 0.148 e. The van der Waals surface area contributed by atoms with Gasteiger partial charge in [-0.3, -0.25) is 4.98 Å². The Balaban J connectivity index is 2.44. The number of aromatic nitrogens is 1. The summed E-state index contributed by atoms with van der Waals surface area (Å²) in [4.78, 5) is 4.52. The average Bonchev–Trinajstić information content (AvgIpc) is 2.48. The monoisotopic (exact) mass is 286 g/mol. The lowest BCUT2D eigenvalue weighted by Gasteiger charge is -2.18. The molecule has 1 atom stereocenters. The second-order valence-corrected chi connectivity index (χ2v) is 5.01. The minimum Gasteiger partial charge on any atom is -0.496 e. The molecule has 4 heteroatoms. The third-order valence-corrected chi connectivity index (χ3v) is 3.33. The number of benzene rings is 1. The number of nitrogens with two attached hydrogens (primary N) is 1. The lowest BCUT2D eigenvalue weighted by Crippen LogP contribution is -2.09. The summed E-state index contributed by atoms with van der Waals surface area (Å²) in [5, 5.41) is 0. The van der Waals surface area contributed by atoms with Crippen molar-refractivity contribution in [3.8, 4) is 17.2 Å². The first-order valence-electron chi connectivity index (χ1n) is 7.13. The van der Waals surface area contributed by atoms with Crippen LogP contribution in [0.1, 0.15) is 36.8 Å². The smallest absolute Gasteiger partial charge is 0.148 e. The molecular weight excluding hydrogens is 264 g/mol. The topological polar surface area (TPSA) is 57.4 Å². The van der Waals surface area contributed by atoms with Crippen molar-refractivity contribution in [2.24, 2.45) is 5.73 Å². The molecule has 21 heavy (non-hydrogen) atoms. The fraction of sp³-hybridized carbons (Fsp3) is 0.353. The fourth-order valence-corrected chi connectivity index (χ4v) is 2.30. The molecule has 0 aliphatic carbocycles. The Morgan fingerprint density at radius 1 is 1.14 bits per heavy atom. The highest BCUT2D eigenvalue weighted by atomic mass is 16.5. The lowest BCUT2D eigenvalue weighted by molar-refractivity contribution is 0.396. The molecule has 112 valence electrons. The van der Waals surface area contributed by atoms with Gasteiger partial charge in [0.25, 0.3) is 0 Å². The van der Waals surface area contributed by atoms with Crippen molar-refractivity contribution in [3.63, 3.8) is 0 Å². The predicted molar refractivity (Wildman–Crippen MR) is 84.0 cm³/mol. The molecule has 2 N–H and O–H groups in total. The second kappa shape index (κ2) is 6.59. The van der Waals surface area contributed by atoms with Gasteiger partial charge < -0.3 is 15.2 Å². The van der Waals surface area contributed by atoms with Crippen LogP contribution in [-0.2, 0) is 6.42 Å². The largest absolute Gasteiger partial charge is 0.496 e. The van der Waals surface area contributed by atoms with Crippen LogP contribution < -0.4 is 15.2 Å². The zero-order chi connectivity index (χ0) is 15.4. The van der Waals surface area contributed by atoms with Gasteiger partial charge in [0.15, 0.2) is 0 Å². The van der Waals surface area contributed by atoms with Gasteiger partial charge in [0, 0.05) is 11.7 Å². The molecule has 0 bridgehead atoms. The summed E-state index contributed by atoms with van der Waals surface area (Å²) in [5.41, 5.74) is 8.85. The summed E-state index contributed by atoms with van der Waals surface area (Å²) in [5.74, 6) is 2.21. The average molecular weight is 286 g/mol. The molecule has 1 aromatic heterocycles. The van der Waals surface area contributed by atoms with Gasteiger partial charge in [-0.25, -0.2) is 0 Å². The molecule has 4 nitrogen and oxygen atoms in total. The van der Waals surface area contributed by atoms with E-state index in [2.05, 4.69) is 11.9 Å². The maximum atomic E-state index is 6.07. The van der Waals surface area contributed by atoms with Gasteiger partial charge >= 0.3 is 0 Å². The first kappa shape index (κ1) is 15.3. The van der Waals surface area contributed by atoms with Gasteiger partial charge in [0.2, 0.25) is 0 Å². The van der Waals surface area contributed by atoms with E-state index in [0.717, 1.165) is 34.9 Å². The van der Waals surface area contributed by atoms with Crippen LogP contribution in [0.15, 0.2) is 30.3 Å². The first-order valence-corrected chi connectivity index (χ1v) is 7.13. The number of hydrogen-bond donors (Lipinski definition) is 1. The number of methoxy groups -OCH3 is 1. The van der Waals surface area contributed by atoms with E-state index < -0.39 is 0 Å². The normalized spacial score (nSPS) is 12.0. The Morgan fingerprint density at radius 2 is 1.86 bits per heavy atom. The highest BCUT2D eigenvalue weighted by Crippen LogP contribution is 2.36. The fourth-order valence-electron chi connectivity index (χ4n) is 2.30. The van der Waals surface area contributed by atoms with Crippen LogP contribution in [0.5, 0.6) is 17.2 Å². The number of aryl methyl sites for hydroxylation is 2. The van der Waals surface area contributed by atoms with Crippen molar-refractivity contribution >= 4 is 0 Å². The minimum atomic E-state index is -0.181. The summed E-state index contributed by atoms with van der Waals surface area (Å²) in [6, 6.07) is 9.40. The highest BCUT2D eigenvalue weighted by molar-refractivity contribution is 5.49. The SMILES string of the molecule is CCc1nc(C)ccc1Oc1cccc(OC)c1[C@@H](C)N. The summed E-state index contributed by atoms with van der Waals surface area (Å²) in [6.07, 6.45) is 0.814. The molecular formula is C17H22N2O2. The molecule has 0 saturated heterocycles. The Labute approximate surface area is 125 Å². The van der Waals surface area contributed by atoms with E-state index in [1.807, 2.05) is 44.2 Å². The van der Waals surface area contributed by atoms with Crippen LogP contribution in [0.25, 0.3) is 0 Å². The van der Waals surface area contributed by atoms with E-state index in [9.17, 15) is 0 Å². The zero-order valence-electron chi connectivity index (χ0n) is 13.0. The second-order valence-electron chi connectivity index (χ2n) is 5.01. The van der Waals surface area contributed by atoms with Crippen LogP contribution in [0, 0.1) is 6.92 Å². The summed E-state index contributed by atoms with van der Waals surface area (Å²) < 4.78 is 11.5.